The van der Waals surface area contributed by atoms with Gasteiger partial charge in [-0.2, -0.15) is 0 Å². The van der Waals surface area contributed by atoms with Crippen molar-refractivity contribution < 1.29 is 9.18 Å². The number of carbonyl (C=O) groups is 1. The zero-order chi connectivity index (χ0) is 16.1. The van der Waals surface area contributed by atoms with Crippen molar-refractivity contribution in [1.82, 2.24) is 15.6 Å². The summed E-state index contributed by atoms with van der Waals surface area (Å²) in [6.45, 7) is 0.727. The Morgan fingerprint density at radius 1 is 1.22 bits per heavy atom. The Balaban J connectivity index is 1.59. The molecule has 122 valence electrons. The van der Waals surface area contributed by atoms with Crippen molar-refractivity contribution in [3.63, 3.8) is 0 Å². The molecule has 2 aromatic rings. The van der Waals surface area contributed by atoms with E-state index in [1.807, 2.05) is 5.38 Å². The fourth-order valence-electron chi connectivity index (χ4n) is 2.96. The topological polar surface area (TPSA) is 54.0 Å². The van der Waals surface area contributed by atoms with Crippen LogP contribution < -0.4 is 10.6 Å². The smallest absolute Gasteiger partial charge is 0.251 e. The molecule has 0 bridgehead atoms. The largest absolute Gasteiger partial charge is 0.348 e. The van der Waals surface area contributed by atoms with E-state index >= 15 is 0 Å². The molecule has 23 heavy (non-hydrogen) atoms. The van der Waals surface area contributed by atoms with Crippen LogP contribution in [-0.4, -0.2) is 23.0 Å². The Morgan fingerprint density at radius 2 is 1.96 bits per heavy atom. The first-order chi connectivity index (χ1) is 11.2. The minimum Gasteiger partial charge on any atom is -0.348 e. The van der Waals surface area contributed by atoms with E-state index in [0.717, 1.165) is 30.8 Å². The summed E-state index contributed by atoms with van der Waals surface area (Å²) in [5.41, 5.74) is 0.496. The molecule has 0 unspecified atom stereocenters. The van der Waals surface area contributed by atoms with Gasteiger partial charge in [0.05, 0.1) is 0 Å². The SMILES string of the molecule is O=C(N[C@@H]1CCCC[C@@H]1NCc1nccs1)c1ccc(F)cc1. The fourth-order valence-corrected chi connectivity index (χ4v) is 3.53. The lowest BCUT2D eigenvalue weighted by Crippen LogP contribution is -2.51. The average Bonchev–Trinajstić information content (AvgIpc) is 3.08. The Bertz CT molecular complexity index is 630. The van der Waals surface area contributed by atoms with E-state index in [9.17, 15) is 9.18 Å². The van der Waals surface area contributed by atoms with E-state index in [2.05, 4.69) is 15.6 Å². The lowest BCUT2D eigenvalue weighted by atomic mass is 9.90. The summed E-state index contributed by atoms with van der Waals surface area (Å²) in [5, 5.41) is 9.63. The van der Waals surface area contributed by atoms with Crippen LogP contribution in [0.2, 0.25) is 0 Å². The second-order valence-electron chi connectivity index (χ2n) is 5.78. The molecule has 1 saturated carbocycles. The predicted octanol–water partition coefficient (Wildman–Crippen LogP) is 3.11. The van der Waals surface area contributed by atoms with Crippen molar-refractivity contribution in [2.24, 2.45) is 0 Å². The number of rotatable bonds is 5. The van der Waals surface area contributed by atoms with Gasteiger partial charge in [0.15, 0.2) is 0 Å². The maximum absolute atomic E-state index is 13.0. The summed E-state index contributed by atoms with van der Waals surface area (Å²) in [4.78, 5) is 16.6. The monoisotopic (exact) mass is 333 g/mol. The van der Waals surface area contributed by atoms with E-state index in [-0.39, 0.29) is 23.8 Å². The molecule has 6 heteroatoms. The van der Waals surface area contributed by atoms with E-state index in [1.165, 1.54) is 30.7 Å². The summed E-state index contributed by atoms with van der Waals surface area (Å²) in [6.07, 6.45) is 6.08. The number of thiazole rings is 1. The molecule has 3 rings (SSSR count). The molecule has 0 radical (unpaired) electrons. The predicted molar refractivity (Wildman–Crippen MR) is 88.9 cm³/mol. The number of nitrogens with zero attached hydrogens (tertiary/aromatic N) is 1. The summed E-state index contributed by atoms with van der Waals surface area (Å²) >= 11 is 1.63. The molecular formula is C17H20FN3OS. The van der Waals surface area contributed by atoms with Crippen LogP contribution in [0.1, 0.15) is 41.0 Å². The third kappa shape index (κ3) is 4.36. The molecule has 1 fully saturated rings. The number of hydrogen-bond acceptors (Lipinski definition) is 4. The minimum absolute atomic E-state index is 0.0984. The Morgan fingerprint density at radius 3 is 2.65 bits per heavy atom. The van der Waals surface area contributed by atoms with Gasteiger partial charge in [0.1, 0.15) is 10.8 Å². The molecule has 1 aliphatic carbocycles. The number of halogens is 1. The third-order valence-corrected chi connectivity index (χ3v) is 4.97. The fraction of sp³-hybridized carbons (Fsp3) is 0.412. The third-order valence-electron chi connectivity index (χ3n) is 4.19. The zero-order valence-electron chi connectivity index (χ0n) is 12.8. The van der Waals surface area contributed by atoms with Crippen LogP contribution in [-0.2, 0) is 6.54 Å². The van der Waals surface area contributed by atoms with E-state index in [1.54, 1.807) is 17.5 Å². The van der Waals surface area contributed by atoms with Crippen LogP contribution >= 0.6 is 11.3 Å². The van der Waals surface area contributed by atoms with Gasteiger partial charge in [-0.25, -0.2) is 9.37 Å². The van der Waals surface area contributed by atoms with Crippen LogP contribution in [0.25, 0.3) is 0 Å². The van der Waals surface area contributed by atoms with Gasteiger partial charge in [0.25, 0.3) is 5.91 Å². The normalized spacial score (nSPS) is 21.1. The molecule has 1 amide bonds. The standard InChI is InChI=1S/C17H20FN3OS/c18-13-7-5-12(6-8-13)17(22)21-15-4-2-1-3-14(15)20-11-16-19-9-10-23-16/h5-10,14-15,20H,1-4,11H2,(H,21,22)/t14-,15+/m0/s1. The number of benzene rings is 1. The van der Waals surface area contributed by atoms with Crippen molar-refractivity contribution in [3.8, 4) is 0 Å². The molecule has 0 aliphatic heterocycles. The number of aromatic nitrogens is 1. The molecule has 2 atom stereocenters. The average molecular weight is 333 g/mol. The van der Waals surface area contributed by atoms with Crippen LogP contribution in [0.3, 0.4) is 0 Å². The highest BCUT2D eigenvalue weighted by atomic mass is 32.1. The molecule has 4 nitrogen and oxygen atoms in total. The molecular weight excluding hydrogens is 313 g/mol. The van der Waals surface area contributed by atoms with E-state index < -0.39 is 0 Å². The van der Waals surface area contributed by atoms with Crippen molar-refractivity contribution in [3.05, 3.63) is 52.2 Å². The molecule has 1 aromatic carbocycles. The molecule has 1 aliphatic rings. The number of nitrogens with one attached hydrogen (secondary N) is 2. The maximum atomic E-state index is 13.0. The molecule has 1 aromatic heterocycles. The van der Waals surface area contributed by atoms with Gasteiger partial charge >= 0.3 is 0 Å². The Labute approximate surface area is 139 Å². The van der Waals surface area contributed by atoms with Gasteiger partial charge in [-0.15, -0.1) is 11.3 Å². The van der Waals surface area contributed by atoms with Gasteiger partial charge in [0, 0.05) is 35.8 Å². The highest BCUT2D eigenvalue weighted by molar-refractivity contribution is 7.09. The summed E-state index contributed by atoms with van der Waals surface area (Å²) < 4.78 is 13.0. The summed E-state index contributed by atoms with van der Waals surface area (Å²) in [6, 6.07) is 6.01. The molecule has 2 N–H and O–H groups in total. The second-order valence-corrected chi connectivity index (χ2v) is 6.76. The van der Waals surface area contributed by atoms with Crippen LogP contribution in [0, 0.1) is 5.82 Å². The quantitative estimate of drug-likeness (QED) is 0.884. The minimum atomic E-state index is -0.331. The number of hydrogen-bond donors (Lipinski definition) is 2. The van der Waals surface area contributed by atoms with Crippen molar-refractivity contribution in [2.75, 3.05) is 0 Å². The highest BCUT2D eigenvalue weighted by Gasteiger charge is 2.26. The zero-order valence-corrected chi connectivity index (χ0v) is 13.6. The van der Waals surface area contributed by atoms with Crippen molar-refractivity contribution in [1.29, 1.82) is 0 Å². The summed E-state index contributed by atoms with van der Waals surface area (Å²) in [5.74, 6) is -0.472. The lowest BCUT2D eigenvalue weighted by molar-refractivity contribution is 0.0915. The Hall–Kier alpha value is -1.79. The van der Waals surface area contributed by atoms with E-state index in [0.29, 0.717) is 5.56 Å². The van der Waals surface area contributed by atoms with Gasteiger partial charge in [0.2, 0.25) is 0 Å². The Kier molecular flexibility index (Phi) is 5.35. The second kappa shape index (κ2) is 7.66. The van der Waals surface area contributed by atoms with Crippen LogP contribution in [0.5, 0.6) is 0 Å². The number of carbonyl (C=O) groups excluding carboxylic acids is 1. The first-order valence-electron chi connectivity index (χ1n) is 7.90. The van der Waals surface area contributed by atoms with Crippen molar-refractivity contribution >= 4 is 17.2 Å². The summed E-state index contributed by atoms with van der Waals surface area (Å²) in [7, 11) is 0. The lowest BCUT2D eigenvalue weighted by Gasteiger charge is -2.32. The molecule has 0 spiro atoms. The van der Waals surface area contributed by atoms with Gasteiger partial charge in [-0.3, -0.25) is 4.79 Å². The van der Waals surface area contributed by atoms with E-state index in [4.69, 9.17) is 0 Å². The van der Waals surface area contributed by atoms with Crippen LogP contribution in [0.15, 0.2) is 35.8 Å². The molecule has 1 heterocycles. The molecule has 0 saturated heterocycles. The maximum Gasteiger partial charge on any atom is 0.251 e. The van der Waals surface area contributed by atoms with Gasteiger partial charge < -0.3 is 10.6 Å². The van der Waals surface area contributed by atoms with Gasteiger partial charge in [-0.1, -0.05) is 12.8 Å². The highest BCUT2D eigenvalue weighted by Crippen LogP contribution is 2.20. The first-order valence-corrected chi connectivity index (χ1v) is 8.78. The van der Waals surface area contributed by atoms with Crippen molar-refractivity contribution in [2.45, 2.75) is 44.3 Å². The van der Waals surface area contributed by atoms with Crippen LogP contribution in [0.4, 0.5) is 4.39 Å². The first kappa shape index (κ1) is 16.1. The van der Waals surface area contributed by atoms with Gasteiger partial charge in [-0.05, 0) is 37.1 Å². The number of amides is 1.